The topological polar surface area (TPSA) is 38.5 Å². The van der Waals surface area contributed by atoms with Gasteiger partial charge in [-0.2, -0.15) is 0 Å². The van der Waals surface area contributed by atoms with E-state index < -0.39 is 0 Å². The lowest BCUT2D eigenvalue weighted by molar-refractivity contribution is -0.0260. The van der Waals surface area contributed by atoms with Crippen LogP contribution in [-0.2, 0) is 17.7 Å². The number of ether oxygens (including phenoxy) is 1. The average molecular weight is 262 g/mol. The van der Waals surface area contributed by atoms with Gasteiger partial charge in [0.1, 0.15) is 0 Å². The van der Waals surface area contributed by atoms with Gasteiger partial charge in [0.15, 0.2) is 0 Å². The Balaban J connectivity index is 1.88. The molecule has 3 heteroatoms. The van der Waals surface area contributed by atoms with Crippen LogP contribution in [0.1, 0.15) is 25.0 Å². The molecule has 1 aromatic carbocycles. The SMILES string of the molecule is CC(C)Cc1ccc(CN2CCOC(CN)C2)cc1. The first-order valence-corrected chi connectivity index (χ1v) is 7.29. The second-order valence-corrected chi connectivity index (χ2v) is 5.88. The predicted molar refractivity (Wildman–Crippen MR) is 79.1 cm³/mol. The van der Waals surface area contributed by atoms with Crippen molar-refractivity contribution in [1.29, 1.82) is 0 Å². The van der Waals surface area contributed by atoms with E-state index in [9.17, 15) is 0 Å². The van der Waals surface area contributed by atoms with Gasteiger partial charge in [0.05, 0.1) is 12.7 Å². The zero-order chi connectivity index (χ0) is 13.7. The van der Waals surface area contributed by atoms with E-state index in [0.717, 1.165) is 38.6 Å². The zero-order valence-corrected chi connectivity index (χ0v) is 12.1. The van der Waals surface area contributed by atoms with Gasteiger partial charge >= 0.3 is 0 Å². The highest BCUT2D eigenvalue weighted by molar-refractivity contribution is 5.22. The maximum absolute atomic E-state index is 5.67. The molecule has 2 rings (SSSR count). The molecule has 1 saturated heterocycles. The summed E-state index contributed by atoms with van der Waals surface area (Å²) in [5.41, 5.74) is 8.48. The molecule has 1 heterocycles. The lowest BCUT2D eigenvalue weighted by Crippen LogP contribution is -2.45. The van der Waals surface area contributed by atoms with Gasteiger partial charge in [-0.3, -0.25) is 4.90 Å². The average Bonchev–Trinajstić information content (AvgIpc) is 2.41. The fraction of sp³-hybridized carbons (Fsp3) is 0.625. The maximum Gasteiger partial charge on any atom is 0.0824 e. The van der Waals surface area contributed by atoms with Crippen LogP contribution in [0.3, 0.4) is 0 Å². The first kappa shape index (κ1) is 14.5. The van der Waals surface area contributed by atoms with Crippen LogP contribution < -0.4 is 5.73 Å². The highest BCUT2D eigenvalue weighted by atomic mass is 16.5. The minimum absolute atomic E-state index is 0.203. The molecule has 1 fully saturated rings. The molecule has 0 bridgehead atoms. The summed E-state index contributed by atoms with van der Waals surface area (Å²) in [6.45, 7) is 8.89. The molecule has 0 aliphatic carbocycles. The molecule has 3 nitrogen and oxygen atoms in total. The number of morpholine rings is 1. The first-order valence-electron chi connectivity index (χ1n) is 7.29. The van der Waals surface area contributed by atoms with Crippen molar-refractivity contribution in [2.45, 2.75) is 32.9 Å². The molecule has 19 heavy (non-hydrogen) atoms. The second kappa shape index (κ2) is 7.04. The molecule has 1 atom stereocenters. The van der Waals surface area contributed by atoms with E-state index in [2.05, 4.69) is 43.0 Å². The highest BCUT2D eigenvalue weighted by Crippen LogP contribution is 2.13. The largest absolute Gasteiger partial charge is 0.374 e. The molecule has 0 radical (unpaired) electrons. The number of hydrogen-bond acceptors (Lipinski definition) is 3. The number of nitrogens with two attached hydrogens (primary N) is 1. The van der Waals surface area contributed by atoms with Gasteiger partial charge in [-0.05, 0) is 23.5 Å². The molecule has 0 saturated carbocycles. The monoisotopic (exact) mass is 262 g/mol. The van der Waals surface area contributed by atoms with Crippen molar-refractivity contribution in [2.75, 3.05) is 26.2 Å². The van der Waals surface area contributed by atoms with Crippen LogP contribution in [-0.4, -0.2) is 37.2 Å². The molecule has 1 aromatic rings. The molecule has 106 valence electrons. The summed E-state index contributed by atoms with van der Waals surface area (Å²) in [4.78, 5) is 2.43. The molecule has 0 amide bonds. The van der Waals surface area contributed by atoms with Gasteiger partial charge < -0.3 is 10.5 Å². The van der Waals surface area contributed by atoms with Crippen molar-refractivity contribution in [2.24, 2.45) is 11.7 Å². The number of rotatable bonds is 5. The summed E-state index contributed by atoms with van der Waals surface area (Å²) in [5, 5.41) is 0. The Morgan fingerprint density at radius 1 is 1.26 bits per heavy atom. The summed E-state index contributed by atoms with van der Waals surface area (Å²) < 4.78 is 5.59. The zero-order valence-electron chi connectivity index (χ0n) is 12.1. The molecule has 0 aromatic heterocycles. The summed E-state index contributed by atoms with van der Waals surface area (Å²) in [6.07, 6.45) is 1.36. The van der Waals surface area contributed by atoms with Gasteiger partial charge in [-0.25, -0.2) is 0 Å². The lowest BCUT2D eigenvalue weighted by Gasteiger charge is -2.32. The second-order valence-electron chi connectivity index (χ2n) is 5.88. The smallest absolute Gasteiger partial charge is 0.0824 e. The fourth-order valence-corrected chi connectivity index (χ4v) is 2.58. The lowest BCUT2D eigenvalue weighted by atomic mass is 10.0. The molecule has 2 N–H and O–H groups in total. The normalized spacial score (nSPS) is 20.9. The highest BCUT2D eigenvalue weighted by Gasteiger charge is 2.18. The van der Waals surface area contributed by atoms with E-state index in [-0.39, 0.29) is 6.10 Å². The van der Waals surface area contributed by atoms with Gasteiger partial charge in [0.25, 0.3) is 0 Å². The van der Waals surface area contributed by atoms with Crippen molar-refractivity contribution in [1.82, 2.24) is 4.90 Å². The van der Waals surface area contributed by atoms with Gasteiger partial charge in [-0.1, -0.05) is 38.1 Å². The fourth-order valence-electron chi connectivity index (χ4n) is 2.58. The van der Waals surface area contributed by atoms with E-state index in [4.69, 9.17) is 10.5 Å². The van der Waals surface area contributed by atoms with E-state index in [1.807, 2.05) is 0 Å². The Morgan fingerprint density at radius 2 is 1.95 bits per heavy atom. The third kappa shape index (κ3) is 4.60. The number of benzene rings is 1. The molecule has 1 unspecified atom stereocenters. The quantitative estimate of drug-likeness (QED) is 0.882. The van der Waals surface area contributed by atoms with Crippen molar-refractivity contribution in [3.63, 3.8) is 0 Å². The minimum atomic E-state index is 0.203. The van der Waals surface area contributed by atoms with Crippen molar-refractivity contribution in [3.8, 4) is 0 Å². The van der Waals surface area contributed by atoms with Crippen LogP contribution in [0.5, 0.6) is 0 Å². The first-order chi connectivity index (χ1) is 9.17. The van der Waals surface area contributed by atoms with E-state index >= 15 is 0 Å². The van der Waals surface area contributed by atoms with Crippen LogP contribution in [0.2, 0.25) is 0 Å². The number of hydrogen-bond donors (Lipinski definition) is 1. The van der Waals surface area contributed by atoms with Crippen molar-refractivity contribution >= 4 is 0 Å². The van der Waals surface area contributed by atoms with Crippen LogP contribution in [0, 0.1) is 5.92 Å². The van der Waals surface area contributed by atoms with Crippen LogP contribution in [0.25, 0.3) is 0 Å². The summed E-state index contributed by atoms with van der Waals surface area (Å²) >= 11 is 0. The van der Waals surface area contributed by atoms with Crippen molar-refractivity contribution < 1.29 is 4.74 Å². The van der Waals surface area contributed by atoms with E-state index in [0.29, 0.717) is 6.54 Å². The third-order valence-corrected chi connectivity index (χ3v) is 3.56. The standard InChI is InChI=1S/C16H26N2O/c1-13(2)9-14-3-5-15(6-4-14)11-18-7-8-19-16(10-17)12-18/h3-6,13,16H,7-12,17H2,1-2H3. The van der Waals surface area contributed by atoms with Gasteiger partial charge in [0.2, 0.25) is 0 Å². The Kier molecular flexibility index (Phi) is 5.37. The van der Waals surface area contributed by atoms with Crippen LogP contribution in [0.4, 0.5) is 0 Å². The number of nitrogens with zero attached hydrogens (tertiary/aromatic N) is 1. The molecule has 1 aliphatic heterocycles. The van der Waals surface area contributed by atoms with Gasteiger partial charge in [-0.15, -0.1) is 0 Å². The molecular formula is C16H26N2O. The van der Waals surface area contributed by atoms with E-state index in [1.54, 1.807) is 0 Å². The summed E-state index contributed by atoms with van der Waals surface area (Å²) in [7, 11) is 0. The molecule has 1 aliphatic rings. The van der Waals surface area contributed by atoms with E-state index in [1.165, 1.54) is 11.1 Å². The van der Waals surface area contributed by atoms with Gasteiger partial charge in [0, 0.05) is 26.2 Å². The van der Waals surface area contributed by atoms with Crippen LogP contribution >= 0.6 is 0 Å². The summed E-state index contributed by atoms with van der Waals surface area (Å²) in [5.74, 6) is 0.718. The molecule has 0 spiro atoms. The molecular weight excluding hydrogens is 236 g/mol. The Morgan fingerprint density at radius 3 is 2.58 bits per heavy atom. The van der Waals surface area contributed by atoms with Crippen molar-refractivity contribution in [3.05, 3.63) is 35.4 Å². The Bertz CT molecular complexity index is 375. The maximum atomic E-state index is 5.67. The van der Waals surface area contributed by atoms with Crippen LogP contribution in [0.15, 0.2) is 24.3 Å². The Labute approximate surface area is 116 Å². The predicted octanol–water partition coefficient (Wildman–Crippen LogP) is 2.04. The third-order valence-electron chi connectivity index (χ3n) is 3.56. The minimum Gasteiger partial charge on any atom is -0.374 e. The summed E-state index contributed by atoms with van der Waals surface area (Å²) in [6, 6.07) is 9.03. The Hall–Kier alpha value is -0.900.